The van der Waals surface area contributed by atoms with Crippen molar-refractivity contribution in [1.82, 2.24) is 4.98 Å². The minimum Gasteiger partial charge on any atom is -0.256 e. The topological polar surface area (TPSA) is 12.9 Å². The molecule has 0 fully saturated rings. The summed E-state index contributed by atoms with van der Waals surface area (Å²) in [6, 6.07) is 19.4. The van der Waals surface area contributed by atoms with E-state index in [0.29, 0.717) is 0 Å². The largest absolute Gasteiger partial charge is 3.00 e. The molecule has 0 unspecified atom stereocenters. The van der Waals surface area contributed by atoms with Crippen LogP contribution in [0.2, 0.25) is 0 Å². The fraction of sp³-hybridized carbons (Fsp3) is 0.286. The monoisotopic (exact) mass is 391 g/mol. The van der Waals surface area contributed by atoms with Gasteiger partial charge in [-0.25, -0.2) is 0 Å². The van der Waals surface area contributed by atoms with Crippen molar-refractivity contribution in [2.24, 2.45) is 0 Å². The zero-order valence-corrected chi connectivity index (χ0v) is 15.3. The quantitative estimate of drug-likeness (QED) is 0.370. The fourth-order valence-electron chi connectivity index (χ4n) is 2.93. The van der Waals surface area contributed by atoms with Gasteiger partial charge in [-0.15, -0.1) is 0 Å². The fourth-order valence-corrected chi connectivity index (χ4v) is 2.93. The number of rotatable bonds is 6. The Morgan fingerprint density at radius 2 is 1.61 bits per heavy atom. The Morgan fingerprint density at radius 1 is 0.826 bits per heavy atom. The van der Waals surface area contributed by atoms with Gasteiger partial charge in [-0.1, -0.05) is 74.7 Å². The molecule has 0 bridgehead atoms. The summed E-state index contributed by atoms with van der Waals surface area (Å²) >= 11 is 0. The van der Waals surface area contributed by atoms with E-state index in [1.165, 1.54) is 54.0 Å². The van der Waals surface area contributed by atoms with Gasteiger partial charge in [-0.3, -0.25) is 4.98 Å². The maximum Gasteiger partial charge on any atom is 3.00 e. The van der Waals surface area contributed by atoms with Gasteiger partial charge in [0.2, 0.25) is 0 Å². The van der Waals surface area contributed by atoms with Crippen molar-refractivity contribution in [1.29, 1.82) is 0 Å². The normalized spacial score (nSPS) is 10.5. The number of benzene rings is 2. The zero-order valence-electron chi connectivity index (χ0n) is 13.6. The molecular weight excluding hydrogens is 367 g/mol. The third kappa shape index (κ3) is 4.48. The van der Waals surface area contributed by atoms with Gasteiger partial charge >= 0.3 is 19.5 Å². The molecule has 0 saturated heterocycles. The van der Waals surface area contributed by atoms with Crippen LogP contribution in [0.15, 0.2) is 60.8 Å². The molecule has 1 radical (unpaired) electrons. The van der Waals surface area contributed by atoms with Gasteiger partial charge in [-0.05, 0) is 29.9 Å². The molecule has 0 atom stereocenters. The molecule has 2 heteroatoms. The average Bonchev–Trinajstić information content (AvgIpc) is 2.59. The zero-order chi connectivity index (χ0) is 15.2. The van der Waals surface area contributed by atoms with Gasteiger partial charge in [0.05, 0.1) is 5.69 Å². The van der Waals surface area contributed by atoms with E-state index < -0.39 is 0 Å². The molecule has 23 heavy (non-hydrogen) atoms. The van der Waals surface area contributed by atoms with E-state index in [4.69, 9.17) is 0 Å². The van der Waals surface area contributed by atoms with Crippen LogP contribution in [0.4, 0.5) is 0 Å². The number of nitrogens with zero attached hydrogens (tertiary/aromatic N) is 1. The average molecular weight is 390 g/mol. The molecule has 0 N–H and O–H groups in total. The Bertz CT molecular complexity index is 729. The number of hydrogen-bond donors (Lipinski definition) is 0. The van der Waals surface area contributed by atoms with Gasteiger partial charge in [0.1, 0.15) is 0 Å². The first-order valence-electron chi connectivity index (χ1n) is 8.31. The predicted octanol–water partition coefficient (Wildman–Crippen LogP) is 6.02. The van der Waals surface area contributed by atoms with Gasteiger partial charge in [0.15, 0.2) is 0 Å². The summed E-state index contributed by atoms with van der Waals surface area (Å²) in [4.78, 5) is 4.59. The van der Waals surface area contributed by atoms with E-state index in [1.54, 1.807) is 0 Å². The number of aryl methyl sites for hydroxylation is 1. The molecule has 0 amide bonds. The first-order valence-corrected chi connectivity index (χ1v) is 8.31. The van der Waals surface area contributed by atoms with Crippen molar-refractivity contribution in [2.45, 2.75) is 39.0 Å². The second-order valence-electron chi connectivity index (χ2n) is 5.89. The van der Waals surface area contributed by atoms with Crippen LogP contribution < -0.4 is 0 Å². The SMILES string of the molecule is CCCCCCc1ccc(-c2nccc3ccccc23)cc1.[Ru+3]. The van der Waals surface area contributed by atoms with Crippen molar-refractivity contribution < 1.29 is 19.5 Å². The van der Waals surface area contributed by atoms with E-state index in [0.717, 1.165) is 5.69 Å². The molecule has 2 aromatic carbocycles. The van der Waals surface area contributed by atoms with E-state index in [1.807, 2.05) is 6.20 Å². The molecule has 117 valence electrons. The Balaban J connectivity index is 0.00000192. The van der Waals surface area contributed by atoms with Crippen molar-refractivity contribution in [3.8, 4) is 11.3 Å². The summed E-state index contributed by atoms with van der Waals surface area (Å²) in [7, 11) is 0. The van der Waals surface area contributed by atoms with Crippen LogP contribution in [0.25, 0.3) is 22.0 Å². The van der Waals surface area contributed by atoms with E-state index >= 15 is 0 Å². The maximum absolute atomic E-state index is 4.59. The van der Waals surface area contributed by atoms with Crippen molar-refractivity contribution in [3.05, 3.63) is 66.4 Å². The summed E-state index contributed by atoms with van der Waals surface area (Å²) in [5.74, 6) is 0. The van der Waals surface area contributed by atoms with Crippen molar-refractivity contribution >= 4 is 10.8 Å². The van der Waals surface area contributed by atoms with Crippen LogP contribution in [0.3, 0.4) is 0 Å². The van der Waals surface area contributed by atoms with Gasteiger partial charge in [-0.2, -0.15) is 0 Å². The molecular formula is C21H23NRu+3. The van der Waals surface area contributed by atoms with Crippen LogP contribution in [-0.4, -0.2) is 4.98 Å². The second-order valence-corrected chi connectivity index (χ2v) is 5.89. The second kappa shape index (κ2) is 8.94. The minimum atomic E-state index is 0. The molecule has 3 rings (SSSR count). The Labute approximate surface area is 151 Å². The van der Waals surface area contributed by atoms with Crippen molar-refractivity contribution in [3.63, 3.8) is 0 Å². The van der Waals surface area contributed by atoms with Crippen LogP contribution in [0, 0.1) is 0 Å². The molecule has 0 aliphatic rings. The van der Waals surface area contributed by atoms with Gasteiger partial charge in [0.25, 0.3) is 0 Å². The van der Waals surface area contributed by atoms with Crippen LogP contribution in [0.5, 0.6) is 0 Å². The maximum atomic E-state index is 4.59. The summed E-state index contributed by atoms with van der Waals surface area (Å²) in [5.41, 5.74) is 3.71. The molecule has 0 spiro atoms. The summed E-state index contributed by atoms with van der Waals surface area (Å²) in [6.07, 6.45) is 8.35. The van der Waals surface area contributed by atoms with Crippen LogP contribution >= 0.6 is 0 Å². The van der Waals surface area contributed by atoms with E-state index in [9.17, 15) is 0 Å². The molecule has 0 saturated carbocycles. The molecule has 0 aliphatic heterocycles. The molecule has 3 aromatic rings. The van der Waals surface area contributed by atoms with Gasteiger partial charge in [0, 0.05) is 17.1 Å². The third-order valence-electron chi connectivity index (χ3n) is 4.22. The Morgan fingerprint density at radius 3 is 2.39 bits per heavy atom. The molecule has 1 aromatic heterocycles. The van der Waals surface area contributed by atoms with E-state index in [-0.39, 0.29) is 19.5 Å². The number of aromatic nitrogens is 1. The molecule has 0 aliphatic carbocycles. The molecule has 1 heterocycles. The summed E-state index contributed by atoms with van der Waals surface area (Å²) in [6.45, 7) is 2.26. The third-order valence-corrected chi connectivity index (χ3v) is 4.22. The first kappa shape index (κ1) is 17.8. The predicted molar refractivity (Wildman–Crippen MR) is 95.0 cm³/mol. The standard InChI is InChI=1S/C21H23N.Ru/c1-2-3-4-5-8-17-11-13-19(14-12-17)21-20-10-7-6-9-18(20)15-16-22-21;/h6-7,9-16H,2-5,8H2,1H3;/q;+3. The Hall–Kier alpha value is -1.53. The number of fused-ring (bicyclic) bond motifs is 1. The van der Waals surface area contributed by atoms with Gasteiger partial charge < -0.3 is 0 Å². The van der Waals surface area contributed by atoms with Crippen LogP contribution in [-0.2, 0) is 25.9 Å². The number of hydrogen-bond acceptors (Lipinski definition) is 1. The number of pyridine rings is 1. The van der Waals surface area contributed by atoms with Crippen LogP contribution in [0.1, 0.15) is 38.2 Å². The Kier molecular flexibility index (Phi) is 6.93. The first-order chi connectivity index (χ1) is 10.9. The molecule has 1 nitrogen and oxygen atoms in total. The van der Waals surface area contributed by atoms with E-state index in [2.05, 4.69) is 66.5 Å². The minimum absolute atomic E-state index is 0. The summed E-state index contributed by atoms with van der Waals surface area (Å²) in [5, 5.41) is 2.47. The number of unbranched alkanes of at least 4 members (excludes halogenated alkanes) is 3. The smallest absolute Gasteiger partial charge is 0.256 e. The summed E-state index contributed by atoms with van der Waals surface area (Å²) < 4.78 is 0. The van der Waals surface area contributed by atoms with Crippen molar-refractivity contribution in [2.75, 3.05) is 0 Å².